The molecule has 1 saturated heterocycles. The van der Waals surface area contributed by atoms with Crippen LogP contribution in [0.5, 0.6) is 0 Å². The Labute approximate surface area is 109 Å². The van der Waals surface area contributed by atoms with E-state index in [-0.39, 0.29) is 5.78 Å². The first kappa shape index (κ1) is 11.8. The predicted molar refractivity (Wildman–Crippen MR) is 74.2 cm³/mol. The van der Waals surface area contributed by atoms with E-state index in [9.17, 15) is 4.79 Å². The third-order valence-electron chi connectivity index (χ3n) is 4.66. The van der Waals surface area contributed by atoms with Gasteiger partial charge in [0.1, 0.15) is 0 Å². The molecule has 96 valence electrons. The van der Waals surface area contributed by atoms with Crippen LogP contribution < -0.4 is 4.90 Å². The number of carbonyl (C=O) groups is 1. The molecule has 1 aromatic rings. The lowest BCUT2D eigenvalue weighted by Crippen LogP contribution is -2.34. The van der Waals surface area contributed by atoms with E-state index >= 15 is 0 Å². The van der Waals surface area contributed by atoms with E-state index in [0.717, 1.165) is 11.0 Å². The largest absolute Gasteiger partial charge is 0.371 e. The first-order valence-corrected chi connectivity index (χ1v) is 7.11. The van der Waals surface area contributed by atoms with Gasteiger partial charge in [0.15, 0.2) is 5.78 Å². The summed E-state index contributed by atoms with van der Waals surface area (Å²) in [7, 11) is 0. The van der Waals surface area contributed by atoms with Crippen LogP contribution in [0, 0.1) is 5.41 Å². The molecule has 2 fully saturated rings. The molecule has 3 rings (SSSR count). The topological polar surface area (TPSA) is 20.3 Å². The number of anilines is 1. The minimum atomic E-state index is 0.233. The van der Waals surface area contributed by atoms with Gasteiger partial charge in [-0.15, -0.1) is 0 Å². The molecular formula is C16H21NO. The average Bonchev–Trinajstić information content (AvgIpc) is 3.18. The van der Waals surface area contributed by atoms with E-state index in [1.165, 1.54) is 44.5 Å². The number of hydrogen-bond donors (Lipinski definition) is 0. The van der Waals surface area contributed by atoms with Crippen LogP contribution >= 0.6 is 0 Å². The van der Waals surface area contributed by atoms with Crippen LogP contribution in [-0.2, 0) is 0 Å². The molecule has 0 bridgehead atoms. The molecule has 1 aliphatic carbocycles. The second-order valence-electron chi connectivity index (χ2n) is 5.81. The van der Waals surface area contributed by atoms with Crippen LogP contribution in [0.25, 0.3) is 0 Å². The Bertz CT molecular complexity index is 435. The molecule has 2 aliphatic rings. The molecule has 0 amide bonds. The quantitative estimate of drug-likeness (QED) is 0.755. The van der Waals surface area contributed by atoms with Crippen molar-refractivity contribution in [2.75, 3.05) is 18.0 Å². The van der Waals surface area contributed by atoms with Crippen LogP contribution in [0.4, 0.5) is 5.69 Å². The zero-order valence-electron chi connectivity index (χ0n) is 11.1. The summed E-state index contributed by atoms with van der Waals surface area (Å²) < 4.78 is 0. The molecule has 0 aromatic heterocycles. The summed E-state index contributed by atoms with van der Waals surface area (Å²) in [6.07, 6.45) is 6.19. The first-order chi connectivity index (χ1) is 8.72. The van der Waals surface area contributed by atoms with Gasteiger partial charge in [0.2, 0.25) is 0 Å². The smallest absolute Gasteiger partial charge is 0.162 e. The second-order valence-corrected chi connectivity index (χ2v) is 5.81. The van der Waals surface area contributed by atoms with Crippen molar-refractivity contribution in [3.8, 4) is 0 Å². The molecule has 1 aliphatic heterocycles. The fraction of sp³-hybridized carbons (Fsp3) is 0.562. The van der Waals surface area contributed by atoms with Crippen molar-refractivity contribution >= 4 is 11.5 Å². The Morgan fingerprint density at radius 1 is 1.11 bits per heavy atom. The van der Waals surface area contributed by atoms with Gasteiger partial charge in [-0.2, -0.15) is 0 Å². The first-order valence-electron chi connectivity index (χ1n) is 7.11. The van der Waals surface area contributed by atoms with Crippen LogP contribution in [0.1, 0.15) is 49.4 Å². The number of carbonyl (C=O) groups excluding carboxylic acids is 1. The summed E-state index contributed by atoms with van der Waals surface area (Å²) in [5.41, 5.74) is 2.85. The maximum atomic E-state index is 11.6. The monoisotopic (exact) mass is 243 g/mol. The van der Waals surface area contributed by atoms with E-state index in [4.69, 9.17) is 0 Å². The Balaban J connectivity index is 1.67. The molecule has 2 nitrogen and oxygen atoms in total. The minimum absolute atomic E-state index is 0.233. The molecular weight excluding hydrogens is 222 g/mol. The number of piperidine rings is 1. The lowest BCUT2D eigenvalue weighted by Gasteiger charge is -2.33. The summed E-state index contributed by atoms with van der Waals surface area (Å²) in [5, 5.41) is 0. The van der Waals surface area contributed by atoms with Crippen molar-refractivity contribution in [1.82, 2.24) is 0 Å². The van der Waals surface area contributed by atoms with Gasteiger partial charge in [-0.3, -0.25) is 4.79 Å². The van der Waals surface area contributed by atoms with Crippen LogP contribution in [0.3, 0.4) is 0 Å². The molecule has 0 unspecified atom stereocenters. The second kappa shape index (κ2) is 4.42. The third-order valence-corrected chi connectivity index (χ3v) is 4.66. The lowest BCUT2D eigenvalue weighted by molar-refractivity contribution is 0.0988. The number of hydrogen-bond acceptors (Lipinski definition) is 2. The van der Waals surface area contributed by atoms with Crippen molar-refractivity contribution in [3.05, 3.63) is 29.8 Å². The summed E-state index contributed by atoms with van der Waals surface area (Å²) in [6, 6.07) is 8.16. The highest BCUT2D eigenvalue weighted by molar-refractivity contribution is 5.96. The molecule has 1 spiro atoms. The minimum Gasteiger partial charge on any atom is -0.371 e. The van der Waals surface area contributed by atoms with E-state index < -0.39 is 0 Å². The molecule has 0 radical (unpaired) electrons. The standard InChI is InChI=1S/C16H21NO/c1-2-15(18)13-3-5-14(6-4-13)17-11-9-16(7-8-16)10-12-17/h3-6H,2,7-12H2,1H3. The van der Waals surface area contributed by atoms with E-state index in [0.29, 0.717) is 6.42 Å². The predicted octanol–water partition coefficient (Wildman–Crippen LogP) is 3.66. The number of rotatable bonds is 3. The number of ketones is 1. The molecule has 1 heterocycles. The van der Waals surface area contributed by atoms with Crippen molar-refractivity contribution in [3.63, 3.8) is 0 Å². The maximum absolute atomic E-state index is 11.6. The number of nitrogens with zero attached hydrogens (tertiary/aromatic N) is 1. The van der Waals surface area contributed by atoms with Gasteiger partial charge in [-0.25, -0.2) is 0 Å². The zero-order valence-corrected chi connectivity index (χ0v) is 11.1. The summed E-state index contributed by atoms with van der Waals surface area (Å²) >= 11 is 0. The van der Waals surface area contributed by atoms with Gasteiger partial charge in [-0.05, 0) is 55.4 Å². The van der Waals surface area contributed by atoms with Crippen molar-refractivity contribution in [1.29, 1.82) is 0 Å². The van der Waals surface area contributed by atoms with Gasteiger partial charge in [0.25, 0.3) is 0 Å². The van der Waals surface area contributed by atoms with Gasteiger partial charge in [-0.1, -0.05) is 6.92 Å². The molecule has 2 heteroatoms. The van der Waals surface area contributed by atoms with Gasteiger partial charge in [0.05, 0.1) is 0 Å². The molecule has 1 saturated carbocycles. The highest BCUT2D eigenvalue weighted by atomic mass is 16.1. The van der Waals surface area contributed by atoms with Crippen molar-refractivity contribution in [2.24, 2.45) is 5.41 Å². The van der Waals surface area contributed by atoms with E-state index in [1.807, 2.05) is 19.1 Å². The maximum Gasteiger partial charge on any atom is 0.162 e. The highest BCUT2D eigenvalue weighted by Gasteiger charge is 2.44. The number of benzene rings is 1. The van der Waals surface area contributed by atoms with Gasteiger partial charge < -0.3 is 4.90 Å². The Morgan fingerprint density at radius 3 is 2.22 bits per heavy atom. The Morgan fingerprint density at radius 2 is 1.72 bits per heavy atom. The summed E-state index contributed by atoms with van der Waals surface area (Å²) in [6.45, 7) is 4.28. The highest BCUT2D eigenvalue weighted by Crippen LogP contribution is 2.53. The zero-order chi connectivity index (χ0) is 12.6. The molecule has 1 aromatic carbocycles. The van der Waals surface area contributed by atoms with Crippen LogP contribution in [-0.4, -0.2) is 18.9 Å². The average molecular weight is 243 g/mol. The molecule has 18 heavy (non-hydrogen) atoms. The summed E-state index contributed by atoms with van der Waals surface area (Å²) in [5.74, 6) is 0.233. The third kappa shape index (κ3) is 2.16. The fourth-order valence-electron chi connectivity index (χ4n) is 2.98. The van der Waals surface area contributed by atoms with Crippen molar-refractivity contribution in [2.45, 2.75) is 39.0 Å². The molecule has 0 atom stereocenters. The van der Waals surface area contributed by atoms with Gasteiger partial charge in [0, 0.05) is 30.8 Å². The van der Waals surface area contributed by atoms with Gasteiger partial charge >= 0.3 is 0 Å². The Kier molecular flexibility index (Phi) is 2.89. The normalized spacial score (nSPS) is 21.1. The number of Topliss-reactive ketones (excluding diaryl/α,β-unsaturated/α-hetero) is 1. The van der Waals surface area contributed by atoms with Crippen molar-refractivity contribution < 1.29 is 4.79 Å². The van der Waals surface area contributed by atoms with Crippen LogP contribution in [0.2, 0.25) is 0 Å². The fourth-order valence-corrected chi connectivity index (χ4v) is 2.98. The lowest BCUT2D eigenvalue weighted by atomic mass is 9.93. The van der Waals surface area contributed by atoms with Crippen LogP contribution in [0.15, 0.2) is 24.3 Å². The summed E-state index contributed by atoms with van der Waals surface area (Å²) in [4.78, 5) is 14.0. The Hall–Kier alpha value is -1.31. The molecule has 0 N–H and O–H groups in total. The van der Waals surface area contributed by atoms with E-state index in [2.05, 4.69) is 17.0 Å². The van der Waals surface area contributed by atoms with E-state index in [1.54, 1.807) is 0 Å². The SMILES string of the molecule is CCC(=O)c1ccc(N2CCC3(CC2)CC3)cc1.